The molecule has 0 aliphatic carbocycles. The van der Waals surface area contributed by atoms with Gasteiger partial charge in [-0.1, -0.05) is 0 Å². The third kappa shape index (κ3) is 8.92. The van der Waals surface area contributed by atoms with Crippen molar-refractivity contribution in [2.75, 3.05) is 0 Å². The maximum Gasteiger partial charge on any atom is -0.0000000000182 e. The van der Waals surface area contributed by atoms with E-state index in [2.05, 4.69) is 71.0 Å². The van der Waals surface area contributed by atoms with E-state index in [1.165, 1.54) is 0 Å². The van der Waals surface area contributed by atoms with Crippen molar-refractivity contribution < 1.29 is 0 Å². The van der Waals surface area contributed by atoms with Crippen LogP contribution < -0.4 is 0 Å². The van der Waals surface area contributed by atoms with E-state index in [0.717, 1.165) is 0 Å². The summed E-state index contributed by atoms with van der Waals surface area (Å²) in [5.74, 6) is 28.3. The van der Waals surface area contributed by atoms with Crippen LogP contribution in [-0.2, 0) is 0 Å². The molecule has 14 heavy (non-hydrogen) atoms. The Morgan fingerprint density at radius 2 is 0.571 bits per heavy atom. The molecule has 0 saturated carbocycles. The molecule has 0 amide bonds. The van der Waals surface area contributed by atoms with Gasteiger partial charge in [-0.25, -0.2) is 0 Å². The monoisotopic (exact) mass is 170 g/mol. The molecule has 0 heteroatoms. The van der Waals surface area contributed by atoms with E-state index in [-0.39, 0.29) is 0 Å². The third-order valence-electron chi connectivity index (χ3n) is 0.707. The van der Waals surface area contributed by atoms with Gasteiger partial charge in [-0.15, -0.1) is 12.8 Å². The van der Waals surface area contributed by atoms with Crippen LogP contribution in [0.25, 0.3) is 0 Å². The molecule has 0 heterocycles. The molecular weight excluding hydrogens is 168 g/mol. The van der Waals surface area contributed by atoms with E-state index in [1.807, 2.05) is 0 Å². The van der Waals surface area contributed by atoms with Crippen LogP contribution >= 0.6 is 0 Å². The lowest BCUT2D eigenvalue weighted by Crippen LogP contribution is -1.54. The largest absolute Gasteiger partial charge is 0.106 e. The molecule has 0 aromatic heterocycles. The summed E-state index contributed by atoms with van der Waals surface area (Å²) in [6, 6.07) is 0. The molecular formula is C14H2. The summed E-state index contributed by atoms with van der Waals surface area (Å²) in [5, 5.41) is 0. The quantitative estimate of drug-likeness (QED) is 0.458. The first-order chi connectivity index (χ1) is 6.91. The van der Waals surface area contributed by atoms with Gasteiger partial charge >= 0.3 is 0 Å². The molecule has 0 rings (SSSR count). The lowest BCUT2D eigenvalue weighted by atomic mass is 10.5. The molecule has 0 aromatic carbocycles. The van der Waals surface area contributed by atoms with Gasteiger partial charge in [0.05, 0.1) is 0 Å². The summed E-state index contributed by atoms with van der Waals surface area (Å²) in [6.07, 6.45) is 9.71. The molecule has 0 aliphatic rings. The molecule has 0 radical (unpaired) electrons. The summed E-state index contributed by atoms with van der Waals surface area (Å²) < 4.78 is 0. The fourth-order valence-electron chi connectivity index (χ4n) is 0.322. The fraction of sp³-hybridized carbons (Fsp3) is 0. The SMILES string of the molecule is C#CC#CC#CC#CC#CC#CC#C. The lowest BCUT2D eigenvalue weighted by Gasteiger charge is -1.55. The predicted molar refractivity (Wildman–Crippen MR) is 56.5 cm³/mol. The van der Waals surface area contributed by atoms with Crippen LogP contribution in [0.15, 0.2) is 0 Å². The van der Waals surface area contributed by atoms with Gasteiger partial charge in [0.25, 0.3) is 0 Å². The van der Waals surface area contributed by atoms with Crippen molar-refractivity contribution in [2.45, 2.75) is 0 Å². The van der Waals surface area contributed by atoms with E-state index in [4.69, 9.17) is 12.8 Å². The Hall–Kier alpha value is -3.08. The van der Waals surface area contributed by atoms with Crippen LogP contribution in [0.2, 0.25) is 0 Å². The van der Waals surface area contributed by atoms with Crippen molar-refractivity contribution in [2.24, 2.45) is 0 Å². The molecule has 0 saturated heterocycles. The predicted octanol–water partition coefficient (Wildman–Crippen LogP) is 0.270. The second kappa shape index (κ2) is 9.92. The van der Waals surface area contributed by atoms with Gasteiger partial charge in [0.1, 0.15) is 0 Å². The summed E-state index contributed by atoms with van der Waals surface area (Å²) in [5.41, 5.74) is 0. The number of terminal acetylenes is 2. The highest BCUT2D eigenvalue weighted by Crippen LogP contribution is 1.55. The normalized spacial score (nSPS) is 3.57. The molecule has 0 spiro atoms. The van der Waals surface area contributed by atoms with Gasteiger partial charge in [-0.3, -0.25) is 0 Å². The maximum atomic E-state index is 4.86. The maximum absolute atomic E-state index is 4.86. The van der Waals surface area contributed by atoms with Crippen molar-refractivity contribution in [3.8, 4) is 83.9 Å². The molecule has 0 fully saturated rings. The van der Waals surface area contributed by atoms with Gasteiger partial charge in [0, 0.05) is 0 Å². The van der Waals surface area contributed by atoms with Crippen LogP contribution in [0.1, 0.15) is 0 Å². The Morgan fingerprint density at radius 1 is 0.357 bits per heavy atom. The zero-order chi connectivity index (χ0) is 10.5. The van der Waals surface area contributed by atoms with Gasteiger partial charge < -0.3 is 0 Å². The average molecular weight is 170 g/mol. The molecule has 0 bridgehead atoms. The highest BCUT2D eigenvalue weighted by atomic mass is 13.6. The van der Waals surface area contributed by atoms with Crippen LogP contribution in [-0.4, -0.2) is 0 Å². The fourth-order valence-corrected chi connectivity index (χ4v) is 0.322. The van der Waals surface area contributed by atoms with Crippen molar-refractivity contribution in [1.82, 2.24) is 0 Å². The second-order valence-corrected chi connectivity index (χ2v) is 1.54. The van der Waals surface area contributed by atoms with E-state index in [1.54, 1.807) is 0 Å². The topological polar surface area (TPSA) is 0 Å². The second-order valence-electron chi connectivity index (χ2n) is 1.54. The van der Waals surface area contributed by atoms with Gasteiger partial charge in [-0.05, 0) is 71.0 Å². The minimum absolute atomic E-state index is 2.12. The van der Waals surface area contributed by atoms with Crippen molar-refractivity contribution in [3.63, 3.8) is 0 Å². The zero-order valence-corrected chi connectivity index (χ0v) is 7.15. The van der Waals surface area contributed by atoms with Gasteiger partial charge in [-0.2, -0.15) is 0 Å². The summed E-state index contributed by atoms with van der Waals surface area (Å²) >= 11 is 0. The summed E-state index contributed by atoms with van der Waals surface area (Å²) in [4.78, 5) is 0. The number of hydrogen-bond donors (Lipinski definition) is 0. The summed E-state index contributed by atoms with van der Waals surface area (Å²) in [6.45, 7) is 0. The lowest BCUT2D eigenvalue weighted by molar-refractivity contribution is 2.34. The van der Waals surface area contributed by atoms with E-state index >= 15 is 0 Å². The molecule has 0 aromatic rings. The molecule has 0 atom stereocenters. The Labute approximate surface area is 84.5 Å². The van der Waals surface area contributed by atoms with Crippen molar-refractivity contribution >= 4 is 0 Å². The van der Waals surface area contributed by atoms with Gasteiger partial charge in [0.15, 0.2) is 0 Å². The number of hydrogen-bond acceptors (Lipinski definition) is 0. The van der Waals surface area contributed by atoms with E-state index in [0.29, 0.717) is 0 Å². The van der Waals surface area contributed by atoms with Crippen LogP contribution in [0, 0.1) is 83.9 Å². The minimum Gasteiger partial charge on any atom is -0.106 e. The van der Waals surface area contributed by atoms with E-state index in [9.17, 15) is 0 Å². The highest BCUT2D eigenvalue weighted by Gasteiger charge is 1.55. The Bertz CT molecular complexity index is 521. The molecule has 0 aliphatic heterocycles. The Balaban J connectivity index is 4.20. The third-order valence-corrected chi connectivity index (χ3v) is 0.707. The number of rotatable bonds is 0. The van der Waals surface area contributed by atoms with Gasteiger partial charge in [0.2, 0.25) is 0 Å². The Kier molecular flexibility index (Phi) is 7.74. The molecule has 0 unspecified atom stereocenters. The average Bonchev–Trinajstić information content (AvgIpc) is 2.21. The summed E-state index contributed by atoms with van der Waals surface area (Å²) in [7, 11) is 0. The molecule has 0 N–H and O–H groups in total. The zero-order valence-electron chi connectivity index (χ0n) is 7.15. The standard InChI is InChI=1S/C14H2/c1-3-5-7-9-11-13-14-12-10-8-6-4-2/h1-2H. The van der Waals surface area contributed by atoms with Crippen LogP contribution in [0.4, 0.5) is 0 Å². The molecule has 0 nitrogen and oxygen atoms in total. The highest BCUT2D eigenvalue weighted by molar-refractivity contribution is 5.44. The molecule has 58 valence electrons. The first-order valence-electron chi connectivity index (χ1n) is 3.33. The van der Waals surface area contributed by atoms with Crippen LogP contribution in [0.5, 0.6) is 0 Å². The first-order valence-corrected chi connectivity index (χ1v) is 3.33. The smallest absolute Gasteiger partial charge is 0.0000000000182 e. The van der Waals surface area contributed by atoms with Crippen LogP contribution in [0.3, 0.4) is 0 Å². The van der Waals surface area contributed by atoms with Crippen molar-refractivity contribution in [1.29, 1.82) is 0 Å². The van der Waals surface area contributed by atoms with Crippen molar-refractivity contribution in [3.05, 3.63) is 0 Å². The first kappa shape index (κ1) is 10.9. The minimum atomic E-state index is 2.12. The Morgan fingerprint density at radius 3 is 0.786 bits per heavy atom. The van der Waals surface area contributed by atoms with E-state index < -0.39 is 0 Å².